The summed E-state index contributed by atoms with van der Waals surface area (Å²) in [6.07, 6.45) is 0.976. The summed E-state index contributed by atoms with van der Waals surface area (Å²) < 4.78 is 13.6. The van der Waals surface area contributed by atoms with Crippen LogP contribution in [0.25, 0.3) is 0 Å². The van der Waals surface area contributed by atoms with Crippen molar-refractivity contribution in [2.24, 2.45) is 4.99 Å². The molecule has 1 amide bonds. The molecule has 5 rings (SSSR count). The van der Waals surface area contributed by atoms with Gasteiger partial charge in [-0.15, -0.1) is 0 Å². The Hall–Kier alpha value is -3.31. The number of fused-ring (bicyclic) bond motifs is 2. The summed E-state index contributed by atoms with van der Waals surface area (Å²) in [5, 5.41) is 0. The van der Waals surface area contributed by atoms with E-state index in [1.807, 2.05) is 24.3 Å². The lowest BCUT2D eigenvalue weighted by Crippen LogP contribution is -2.43. The van der Waals surface area contributed by atoms with Crippen molar-refractivity contribution < 1.29 is 9.18 Å². The van der Waals surface area contributed by atoms with Crippen molar-refractivity contribution in [2.45, 2.75) is 13.0 Å². The average Bonchev–Trinajstić information content (AvgIpc) is 3.00. The van der Waals surface area contributed by atoms with Crippen LogP contribution in [0, 0.1) is 5.82 Å². The fourth-order valence-electron chi connectivity index (χ4n) is 4.06. The van der Waals surface area contributed by atoms with Gasteiger partial charge >= 0.3 is 0 Å². The lowest BCUT2D eigenvalue weighted by molar-refractivity contribution is -0.112. The highest BCUT2D eigenvalue weighted by atomic mass is 19.1. The Morgan fingerprint density at radius 3 is 2.59 bits per heavy atom. The first kappa shape index (κ1) is 17.8. The summed E-state index contributed by atoms with van der Waals surface area (Å²) in [6.45, 7) is 2.23. The van der Waals surface area contributed by atoms with Crippen molar-refractivity contribution in [3.8, 4) is 0 Å². The number of amides is 1. The Morgan fingerprint density at radius 1 is 0.931 bits per heavy atom. The van der Waals surface area contributed by atoms with E-state index in [1.165, 1.54) is 23.3 Å². The minimum absolute atomic E-state index is 0.144. The van der Waals surface area contributed by atoms with Gasteiger partial charge in [0, 0.05) is 18.7 Å². The topological polar surface area (TPSA) is 35.9 Å². The van der Waals surface area contributed by atoms with Crippen molar-refractivity contribution in [3.05, 3.63) is 95.3 Å². The molecule has 3 aromatic rings. The predicted octanol–water partition coefficient (Wildman–Crippen LogP) is 4.31. The SMILES string of the molecule is O=C1C(=Nc2cccc(F)c2)c2ccccc2N1CN1CCc2ccccc2C1. The molecule has 2 aliphatic heterocycles. The first-order valence-corrected chi connectivity index (χ1v) is 9.74. The molecule has 0 N–H and O–H groups in total. The lowest BCUT2D eigenvalue weighted by atomic mass is 10.0. The Bertz CT molecular complexity index is 1120. The third-order valence-corrected chi connectivity index (χ3v) is 5.50. The van der Waals surface area contributed by atoms with Crippen molar-refractivity contribution >= 4 is 23.0 Å². The summed E-state index contributed by atoms with van der Waals surface area (Å²) in [5.74, 6) is -0.510. The molecule has 0 atom stereocenters. The molecule has 4 nitrogen and oxygen atoms in total. The van der Waals surface area contributed by atoms with Gasteiger partial charge in [0.2, 0.25) is 0 Å². The van der Waals surface area contributed by atoms with Gasteiger partial charge in [0.25, 0.3) is 5.91 Å². The van der Waals surface area contributed by atoms with Crippen LogP contribution in [0.1, 0.15) is 16.7 Å². The third kappa shape index (κ3) is 3.34. The number of rotatable bonds is 3. The zero-order valence-electron chi connectivity index (χ0n) is 15.9. The van der Waals surface area contributed by atoms with Gasteiger partial charge in [-0.2, -0.15) is 0 Å². The van der Waals surface area contributed by atoms with E-state index in [4.69, 9.17) is 0 Å². The van der Waals surface area contributed by atoms with Crippen LogP contribution in [0.2, 0.25) is 0 Å². The smallest absolute Gasteiger partial charge is 0.278 e. The molecule has 0 unspecified atom stereocenters. The molecule has 0 spiro atoms. The molecule has 2 aliphatic rings. The molecule has 0 fully saturated rings. The van der Waals surface area contributed by atoms with Crippen LogP contribution in [0.15, 0.2) is 77.8 Å². The predicted molar refractivity (Wildman–Crippen MR) is 112 cm³/mol. The van der Waals surface area contributed by atoms with E-state index in [9.17, 15) is 9.18 Å². The van der Waals surface area contributed by atoms with Crippen LogP contribution in [0.4, 0.5) is 15.8 Å². The molecule has 29 heavy (non-hydrogen) atoms. The molecule has 2 heterocycles. The summed E-state index contributed by atoms with van der Waals surface area (Å²) in [6, 6.07) is 22.1. The van der Waals surface area contributed by atoms with Gasteiger partial charge in [-0.25, -0.2) is 9.38 Å². The van der Waals surface area contributed by atoms with E-state index >= 15 is 0 Å². The second-order valence-corrected chi connectivity index (χ2v) is 7.40. The number of hydrogen-bond acceptors (Lipinski definition) is 3. The van der Waals surface area contributed by atoms with E-state index in [0.29, 0.717) is 18.1 Å². The number of aliphatic imine (C=N–C) groups is 1. The molecule has 0 aromatic heterocycles. The minimum Gasteiger partial charge on any atom is -0.293 e. The summed E-state index contributed by atoms with van der Waals surface area (Å²) in [7, 11) is 0. The summed E-state index contributed by atoms with van der Waals surface area (Å²) in [4.78, 5) is 21.8. The molecule has 144 valence electrons. The van der Waals surface area contributed by atoms with Gasteiger partial charge in [0.05, 0.1) is 18.0 Å². The normalized spacial score (nSPS) is 17.5. The maximum Gasteiger partial charge on any atom is 0.278 e. The Labute approximate surface area is 168 Å². The Balaban J connectivity index is 1.45. The maximum atomic E-state index is 13.6. The first-order chi connectivity index (χ1) is 14.2. The van der Waals surface area contributed by atoms with E-state index in [0.717, 1.165) is 30.8 Å². The van der Waals surface area contributed by atoms with E-state index in [2.05, 4.69) is 34.2 Å². The van der Waals surface area contributed by atoms with Gasteiger partial charge < -0.3 is 0 Å². The van der Waals surface area contributed by atoms with Gasteiger partial charge in [-0.1, -0.05) is 48.5 Å². The molecule has 0 bridgehead atoms. The first-order valence-electron chi connectivity index (χ1n) is 9.74. The number of hydrogen-bond donors (Lipinski definition) is 0. The molecule has 0 aliphatic carbocycles. The Kier molecular flexibility index (Phi) is 4.45. The van der Waals surface area contributed by atoms with Gasteiger partial charge in [0.1, 0.15) is 11.5 Å². The number of carbonyl (C=O) groups is 1. The molecular formula is C24H20FN3O. The van der Waals surface area contributed by atoms with E-state index < -0.39 is 0 Å². The van der Waals surface area contributed by atoms with E-state index in [1.54, 1.807) is 17.0 Å². The number of anilines is 1. The minimum atomic E-state index is -0.366. The van der Waals surface area contributed by atoms with Crippen LogP contribution >= 0.6 is 0 Å². The third-order valence-electron chi connectivity index (χ3n) is 5.50. The number of halogens is 1. The quantitative estimate of drug-likeness (QED) is 0.674. The number of benzene rings is 3. The maximum absolute atomic E-state index is 13.6. The van der Waals surface area contributed by atoms with Gasteiger partial charge in [0.15, 0.2) is 0 Å². The van der Waals surface area contributed by atoms with Crippen molar-refractivity contribution in [3.63, 3.8) is 0 Å². The Morgan fingerprint density at radius 2 is 1.72 bits per heavy atom. The van der Waals surface area contributed by atoms with Crippen LogP contribution in [-0.2, 0) is 17.8 Å². The largest absolute Gasteiger partial charge is 0.293 e. The summed E-state index contributed by atoms with van der Waals surface area (Å²) >= 11 is 0. The second kappa shape index (κ2) is 7.26. The highest BCUT2D eigenvalue weighted by Gasteiger charge is 2.35. The number of nitrogens with zero attached hydrogens (tertiary/aromatic N) is 3. The summed E-state index contributed by atoms with van der Waals surface area (Å²) in [5.41, 5.74) is 5.14. The zero-order chi connectivity index (χ0) is 19.8. The van der Waals surface area contributed by atoms with Crippen molar-refractivity contribution in [1.82, 2.24) is 4.90 Å². The average molecular weight is 385 g/mol. The van der Waals surface area contributed by atoms with Crippen LogP contribution < -0.4 is 4.90 Å². The van der Waals surface area contributed by atoms with Crippen LogP contribution in [0.3, 0.4) is 0 Å². The van der Waals surface area contributed by atoms with Gasteiger partial charge in [-0.3, -0.25) is 14.6 Å². The molecule has 3 aromatic carbocycles. The molecule has 0 saturated carbocycles. The molecule has 5 heteroatoms. The fourth-order valence-corrected chi connectivity index (χ4v) is 4.06. The fraction of sp³-hybridized carbons (Fsp3) is 0.167. The lowest BCUT2D eigenvalue weighted by Gasteiger charge is -2.32. The zero-order valence-corrected chi connectivity index (χ0v) is 15.9. The van der Waals surface area contributed by atoms with Crippen LogP contribution in [0.5, 0.6) is 0 Å². The monoisotopic (exact) mass is 385 g/mol. The standard InChI is InChI=1S/C24H20FN3O/c25-19-8-5-9-20(14-19)26-23-21-10-3-4-11-22(21)28(24(23)29)16-27-13-12-17-6-1-2-7-18(17)15-27/h1-11,14H,12-13,15-16H2. The number of carbonyl (C=O) groups excluding carboxylic acids is 1. The molecule has 0 saturated heterocycles. The van der Waals surface area contributed by atoms with Crippen LogP contribution in [-0.4, -0.2) is 29.7 Å². The van der Waals surface area contributed by atoms with Crippen molar-refractivity contribution in [2.75, 3.05) is 18.1 Å². The number of para-hydroxylation sites is 1. The highest BCUT2D eigenvalue weighted by Crippen LogP contribution is 2.32. The van der Waals surface area contributed by atoms with Gasteiger partial charge in [-0.05, 0) is 41.8 Å². The van der Waals surface area contributed by atoms with Crippen molar-refractivity contribution in [1.29, 1.82) is 0 Å². The van der Waals surface area contributed by atoms with E-state index in [-0.39, 0.29) is 11.7 Å². The molecular weight excluding hydrogens is 365 g/mol. The molecule has 0 radical (unpaired) electrons. The highest BCUT2D eigenvalue weighted by molar-refractivity contribution is 6.54. The second-order valence-electron chi connectivity index (χ2n) is 7.40.